The van der Waals surface area contributed by atoms with Crippen LogP contribution in [0.3, 0.4) is 0 Å². The Balaban J connectivity index is 1.63. The molecule has 0 aliphatic carbocycles. The predicted octanol–water partition coefficient (Wildman–Crippen LogP) is 3.79. The summed E-state index contributed by atoms with van der Waals surface area (Å²) in [5.74, 6) is -0.383. The molecule has 1 aromatic carbocycles. The van der Waals surface area contributed by atoms with E-state index in [4.69, 9.17) is 0 Å². The molecule has 0 bridgehead atoms. The van der Waals surface area contributed by atoms with Gasteiger partial charge in [0, 0.05) is 30.1 Å². The van der Waals surface area contributed by atoms with Crippen molar-refractivity contribution in [2.75, 3.05) is 20.2 Å². The van der Waals surface area contributed by atoms with Crippen molar-refractivity contribution < 1.29 is 27.5 Å². The molecule has 28 heavy (non-hydrogen) atoms. The van der Waals surface area contributed by atoms with Crippen molar-refractivity contribution in [1.82, 2.24) is 15.2 Å². The van der Waals surface area contributed by atoms with E-state index < -0.39 is 17.8 Å². The normalized spacial score (nSPS) is 15.4. The van der Waals surface area contributed by atoms with Gasteiger partial charge in [-0.05, 0) is 25.0 Å². The average Bonchev–Trinajstić information content (AvgIpc) is 3.18. The maximum Gasteiger partial charge on any atom is 0.416 e. The topological polar surface area (TPSA) is 71.5 Å². The van der Waals surface area contributed by atoms with E-state index in [0.29, 0.717) is 36.5 Å². The molecule has 1 fully saturated rings. The van der Waals surface area contributed by atoms with E-state index in [1.165, 1.54) is 24.6 Å². The molecule has 0 radical (unpaired) electrons. The van der Waals surface area contributed by atoms with Crippen LogP contribution in [0.25, 0.3) is 10.6 Å². The van der Waals surface area contributed by atoms with Crippen LogP contribution in [0, 0.1) is 0 Å². The summed E-state index contributed by atoms with van der Waals surface area (Å²) in [4.78, 5) is 29.6. The quantitative estimate of drug-likeness (QED) is 0.831. The molecular formula is C18H18F3N3O3S. The standard InChI is InChI=1S/C18H18F3N3O3S/c1-27-17(26)24-7-5-13(6-8-24)22-15(25)14-10-28-16(23-14)11-3-2-4-12(9-11)18(19,20)21/h2-4,9-10,13H,5-8H2,1H3,(H,22,25). The maximum absolute atomic E-state index is 12.9. The Morgan fingerprint density at radius 3 is 2.64 bits per heavy atom. The molecule has 0 unspecified atom stereocenters. The van der Waals surface area contributed by atoms with Gasteiger partial charge >= 0.3 is 12.3 Å². The van der Waals surface area contributed by atoms with Gasteiger partial charge in [-0.1, -0.05) is 12.1 Å². The zero-order chi connectivity index (χ0) is 20.3. The molecule has 3 rings (SSSR count). The SMILES string of the molecule is COC(=O)N1CCC(NC(=O)c2csc(-c3cccc(C(F)(F)F)c3)n2)CC1. The molecule has 10 heteroatoms. The second-order valence-electron chi connectivity index (χ2n) is 6.32. The molecule has 0 spiro atoms. The number of rotatable bonds is 3. The number of ether oxygens (including phenoxy) is 1. The minimum absolute atomic E-state index is 0.105. The van der Waals surface area contributed by atoms with Gasteiger partial charge in [0.15, 0.2) is 0 Å². The van der Waals surface area contributed by atoms with E-state index in [1.807, 2.05) is 0 Å². The molecule has 1 aromatic heterocycles. The molecule has 1 aliphatic heterocycles. The Morgan fingerprint density at radius 2 is 2.00 bits per heavy atom. The predicted molar refractivity (Wildman–Crippen MR) is 97.0 cm³/mol. The molecule has 2 heterocycles. The number of carbonyl (C=O) groups excluding carboxylic acids is 2. The van der Waals surface area contributed by atoms with Crippen LogP contribution in [-0.2, 0) is 10.9 Å². The van der Waals surface area contributed by atoms with E-state index in [-0.39, 0.29) is 17.6 Å². The van der Waals surface area contributed by atoms with E-state index >= 15 is 0 Å². The van der Waals surface area contributed by atoms with Gasteiger partial charge in [-0.2, -0.15) is 13.2 Å². The average molecular weight is 413 g/mol. The monoisotopic (exact) mass is 413 g/mol. The summed E-state index contributed by atoms with van der Waals surface area (Å²) >= 11 is 1.11. The first-order valence-electron chi connectivity index (χ1n) is 8.55. The number of halogens is 3. The van der Waals surface area contributed by atoms with Gasteiger partial charge in [-0.3, -0.25) is 4.79 Å². The van der Waals surface area contributed by atoms with Gasteiger partial charge in [0.05, 0.1) is 12.7 Å². The fourth-order valence-electron chi connectivity index (χ4n) is 2.93. The third kappa shape index (κ3) is 4.61. The van der Waals surface area contributed by atoms with Gasteiger partial charge < -0.3 is 15.0 Å². The second-order valence-corrected chi connectivity index (χ2v) is 7.18. The molecule has 2 amide bonds. The molecule has 0 atom stereocenters. The van der Waals surface area contributed by atoms with Crippen LogP contribution in [0.1, 0.15) is 28.9 Å². The molecule has 0 saturated carbocycles. The number of methoxy groups -OCH3 is 1. The van der Waals surface area contributed by atoms with Crippen molar-refractivity contribution in [1.29, 1.82) is 0 Å². The van der Waals surface area contributed by atoms with Gasteiger partial charge in [0.25, 0.3) is 5.91 Å². The number of nitrogens with one attached hydrogen (secondary N) is 1. The molecule has 1 aliphatic rings. The fraction of sp³-hybridized carbons (Fsp3) is 0.389. The number of amides is 2. The lowest BCUT2D eigenvalue weighted by molar-refractivity contribution is -0.137. The lowest BCUT2D eigenvalue weighted by Gasteiger charge is -2.31. The first-order valence-corrected chi connectivity index (χ1v) is 9.43. The summed E-state index contributed by atoms with van der Waals surface area (Å²) in [6.07, 6.45) is -3.65. The van der Waals surface area contributed by atoms with E-state index in [1.54, 1.807) is 4.90 Å². The minimum atomic E-state index is -4.44. The molecular weight excluding hydrogens is 395 g/mol. The highest BCUT2D eigenvalue weighted by Gasteiger charge is 2.31. The Hall–Kier alpha value is -2.62. The number of likely N-dealkylation sites (tertiary alicyclic amines) is 1. The number of hydrogen-bond donors (Lipinski definition) is 1. The number of benzene rings is 1. The first-order chi connectivity index (χ1) is 13.3. The third-order valence-electron chi connectivity index (χ3n) is 4.44. The van der Waals surface area contributed by atoms with Crippen molar-refractivity contribution in [3.8, 4) is 10.6 Å². The Labute approximate surface area is 163 Å². The summed E-state index contributed by atoms with van der Waals surface area (Å²) in [6.45, 7) is 0.953. The number of aromatic nitrogens is 1. The summed E-state index contributed by atoms with van der Waals surface area (Å²) in [6, 6.07) is 4.74. The van der Waals surface area contributed by atoms with Gasteiger partial charge in [-0.15, -0.1) is 11.3 Å². The lowest BCUT2D eigenvalue weighted by atomic mass is 10.1. The van der Waals surface area contributed by atoms with Crippen LogP contribution in [0.15, 0.2) is 29.6 Å². The number of nitrogens with zero attached hydrogens (tertiary/aromatic N) is 2. The van der Waals surface area contributed by atoms with Crippen molar-refractivity contribution in [3.63, 3.8) is 0 Å². The zero-order valence-electron chi connectivity index (χ0n) is 15.0. The van der Waals surface area contributed by atoms with E-state index in [0.717, 1.165) is 23.5 Å². The molecule has 2 aromatic rings. The van der Waals surface area contributed by atoms with Crippen LogP contribution in [0.2, 0.25) is 0 Å². The summed E-state index contributed by atoms with van der Waals surface area (Å²) in [7, 11) is 1.32. The van der Waals surface area contributed by atoms with Gasteiger partial charge in [-0.25, -0.2) is 9.78 Å². The van der Waals surface area contributed by atoms with Crippen molar-refractivity contribution in [2.45, 2.75) is 25.1 Å². The highest BCUT2D eigenvalue weighted by atomic mass is 32.1. The number of thiazole rings is 1. The molecule has 1 N–H and O–H groups in total. The van der Waals surface area contributed by atoms with Crippen molar-refractivity contribution in [3.05, 3.63) is 40.9 Å². The van der Waals surface area contributed by atoms with Gasteiger partial charge in [0.2, 0.25) is 0 Å². The third-order valence-corrected chi connectivity index (χ3v) is 5.33. The van der Waals surface area contributed by atoms with Crippen molar-refractivity contribution >= 4 is 23.3 Å². The highest BCUT2D eigenvalue weighted by molar-refractivity contribution is 7.13. The fourth-order valence-corrected chi connectivity index (χ4v) is 3.73. The minimum Gasteiger partial charge on any atom is -0.453 e. The van der Waals surface area contributed by atoms with Crippen LogP contribution >= 0.6 is 11.3 Å². The summed E-state index contributed by atoms with van der Waals surface area (Å²) in [5, 5.41) is 4.73. The van der Waals surface area contributed by atoms with Crippen LogP contribution in [-0.4, -0.2) is 48.1 Å². The Morgan fingerprint density at radius 1 is 1.29 bits per heavy atom. The molecule has 1 saturated heterocycles. The van der Waals surface area contributed by atoms with E-state index in [9.17, 15) is 22.8 Å². The Bertz CT molecular complexity index is 861. The van der Waals surface area contributed by atoms with Crippen LogP contribution < -0.4 is 5.32 Å². The van der Waals surface area contributed by atoms with Crippen LogP contribution in [0.4, 0.5) is 18.0 Å². The Kier molecular flexibility index (Phi) is 5.87. The van der Waals surface area contributed by atoms with Gasteiger partial charge in [0.1, 0.15) is 10.7 Å². The highest BCUT2D eigenvalue weighted by Crippen LogP contribution is 2.33. The van der Waals surface area contributed by atoms with Crippen LogP contribution in [0.5, 0.6) is 0 Å². The maximum atomic E-state index is 12.9. The lowest BCUT2D eigenvalue weighted by Crippen LogP contribution is -2.46. The summed E-state index contributed by atoms with van der Waals surface area (Å²) in [5.41, 5.74) is -0.290. The number of alkyl halides is 3. The largest absolute Gasteiger partial charge is 0.453 e. The number of carbonyl (C=O) groups is 2. The zero-order valence-corrected chi connectivity index (χ0v) is 15.8. The van der Waals surface area contributed by atoms with Crippen molar-refractivity contribution in [2.24, 2.45) is 0 Å². The molecule has 150 valence electrons. The number of piperidine rings is 1. The van der Waals surface area contributed by atoms with E-state index in [2.05, 4.69) is 15.0 Å². The smallest absolute Gasteiger partial charge is 0.416 e. The number of hydrogen-bond acceptors (Lipinski definition) is 5. The summed E-state index contributed by atoms with van der Waals surface area (Å²) < 4.78 is 43.3. The molecule has 6 nitrogen and oxygen atoms in total. The second kappa shape index (κ2) is 8.17. The first kappa shape index (κ1) is 20.1.